The van der Waals surface area contributed by atoms with Crippen LogP contribution in [0.1, 0.15) is 13.3 Å². The van der Waals surface area contributed by atoms with E-state index >= 15 is 0 Å². The average molecular weight is 472 g/mol. The van der Waals surface area contributed by atoms with E-state index in [1.165, 1.54) is 6.92 Å². The van der Waals surface area contributed by atoms with Crippen molar-refractivity contribution in [2.45, 2.75) is 99.4 Å². The summed E-state index contributed by atoms with van der Waals surface area (Å²) in [4.78, 5) is 0. The van der Waals surface area contributed by atoms with Crippen LogP contribution in [0.25, 0.3) is 0 Å². The van der Waals surface area contributed by atoms with Gasteiger partial charge in [-0.25, -0.2) is 0 Å². The highest BCUT2D eigenvalue weighted by Gasteiger charge is 2.51. The quantitative estimate of drug-likeness (QED) is 0.176. The SMILES string of the molecule is CC1O[C@@H](OC2C(O)CC(CO)O[C@H]2O[C@@H]2C(CO)OC(O)C(O)C2O)C(O)C(O)[C@@H]1O. The van der Waals surface area contributed by atoms with E-state index in [0.29, 0.717) is 0 Å². The van der Waals surface area contributed by atoms with Crippen molar-refractivity contribution in [3.8, 4) is 0 Å². The fraction of sp³-hybridized carbons (Fsp3) is 1.00. The zero-order valence-corrected chi connectivity index (χ0v) is 17.3. The second-order valence-corrected chi connectivity index (χ2v) is 8.22. The molecular weight excluding hydrogens is 440 g/mol. The van der Waals surface area contributed by atoms with E-state index < -0.39 is 99.2 Å². The second-order valence-electron chi connectivity index (χ2n) is 8.22. The molecule has 0 radical (unpaired) electrons. The molecule has 0 spiro atoms. The van der Waals surface area contributed by atoms with Crippen molar-refractivity contribution in [3.05, 3.63) is 0 Å². The summed E-state index contributed by atoms with van der Waals surface area (Å²) in [6.07, 6.45) is -20.3. The summed E-state index contributed by atoms with van der Waals surface area (Å²) < 4.78 is 27.3. The molecule has 0 aromatic carbocycles. The minimum absolute atomic E-state index is 0.0982. The van der Waals surface area contributed by atoms with Crippen molar-refractivity contribution in [1.29, 1.82) is 0 Å². The summed E-state index contributed by atoms with van der Waals surface area (Å²) in [5.41, 5.74) is 0. The van der Waals surface area contributed by atoms with Crippen LogP contribution in [0.2, 0.25) is 0 Å². The monoisotopic (exact) mass is 472 g/mol. The van der Waals surface area contributed by atoms with Crippen molar-refractivity contribution in [1.82, 2.24) is 0 Å². The maximum atomic E-state index is 10.6. The molecule has 3 fully saturated rings. The first-order chi connectivity index (χ1) is 15.1. The van der Waals surface area contributed by atoms with Gasteiger partial charge >= 0.3 is 0 Å². The average Bonchev–Trinajstić information content (AvgIpc) is 2.77. The van der Waals surface area contributed by atoms with E-state index in [-0.39, 0.29) is 6.42 Å². The van der Waals surface area contributed by atoms with Crippen molar-refractivity contribution in [3.63, 3.8) is 0 Å². The molecule has 14 atom stereocenters. The lowest BCUT2D eigenvalue weighted by Crippen LogP contribution is -2.64. The number of ether oxygens (including phenoxy) is 5. The number of aliphatic hydroxyl groups excluding tert-OH is 9. The van der Waals surface area contributed by atoms with Gasteiger partial charge in [0.05, 0.1) is 31.5 Å². The third-order valence-corrected chi connectivity index (χ3v) is 5.91. The predicted molar refractivity (Wildman–Crippen MR) is 98.5 cm³/mol. The molecule has 0 bridgehead atoms. The van der Waals surface area contributed by atoms with Crippen LogP contribution in [0.15, 0.2) is 0 Å². The Balaban J connectivity index is 1.79. The number of rotatable bonds is 6. The smallest absolute Gasteiger partial charge is 0.187 e. The Morgan fingerprint density at radius 1 is 0.688 bits per heavy atom. The molecule has 3 heterocycles. The molecule has 0 aromatic heterocycles. The van der Waals surface area contributed by atoms with E-state index in [2.05, 4.69) is 0 Å². The number of hydrogen-bond acceptors (Lipinski definition) is 14. The first-order valence-electron chi connectivity index (χ1n) is 10.3. The van der Waals surface area contributed by atoms with Crippen LogP contribution in [0.4, 0.5) is 0 Å². The molecule has 3 rings (SSSR count). The van der Waals surface area contributed by atoms with Gasteiger partial charge in [-0.1, -0.05) is 0 Å². The molecule has 0 aromatic rings. The Hall–Kier alpha value is -0.560. The van der Waals surface area contributed by atoms with Gasteiger partial charge in [0.1, 0.15) is 48.8 Å². The Bertz CT molecular complexity index is 594. The maximum absolute atomic E-state index is 10.6. The summed E-state index contributed by atoms with van der Waals surface area (Å²) in [6.45, 7) is 0.234. The highest BCUT2D eigenvalue weighted by molar-refractivity contribution is 4.93. The molecule has 188 valence electrons. The van der Waals surface area contributed by atoms with Crippen LogP contribution < -0.4 is 0 Å². The number of hydrogen-bond donors (Lipinski definition) is 9. The molecule has 0 amide bonds. The third-order valence-electron chi connectivity index (χ3n) is 5.91. The Morgan fingerprint density at radius 3 is 1.97 bits per heavy atom. The zero-order valence-electron chi connectivity index (χ0n) is 17.3. The Kier molecular flexibility index (Phi) is 8.79. The molecule has 3 aliphatic rings. The lowest BCUT2D eigenvalue weighted by molar-refractivity contribution is -0.375. The zero-order chi connectivity index (χ0) is 23.7. The lowest BCUT2D eigenvalue weighted by atomic mass is 9.97. The third kappa shape index (κ3) is 5.24. The Morgan fingerprint density at radius 2 is 1.34 bits per heavy atom. The lowest BCUT2D eigenvalue weighted by Gasteiger charge is -2.47. The summed E-state index contributed by atoms with van der Waals surface area (Å²) in [7, 11) is 0. The van der Waals surface area contributed by atoms with Crippen LogP contribution in [0, 0.1) is 0 Å². The molecule has 3 aliphatic heterocycles. The van der Waals surface area contributed by atoms with Gasteiger partial charge in [-0.3, -0.25) is 0 Å². The van der Waals surface area contributed by atoms with Crippen molar-refractivity contribution >= 4 is 0 Å². The van der Waals surface area contributed by atoms with Gasteiger partial charge in [0.25, 0.3) is 0 Å². The van der Waals surface area contributed by atoms with Crippen LogP contribution in [-0.4, -0.2) is 145 Å². The van der Waals surface area contributed by atoms with E-state index in [9.17, 15) is 46.0 Å². The van der Waals surface area contributed by atoms with Crippen molar-refractivity contribution in [2.24, 2.45) is 0 Å². The van der Waals surface area contributed by atoms with E-state index in [0.717, 1.165) is 0 Å². The normalized spacial score (nSPS) is 52.7. The predicted octanol–water partition coefficient (Wildman–Crippen LogP) is -5.52. The van der Waals surface area contributed by atoms with Crippen LogP contribution in [-0.2, 0) is 23.7 Å². The van der Waals surface area contributed by atoms with Gasteiger partial charge in [-0.05, 0) is 6.92 Å². The topological polar surface area (TPSA) is 228 Å². The first-order valence-corrected chi connectivity index (χ1v) is 10.3. The molecule has 3 saturated heterocycles. The molecule has 9 N–H and O–H groups in total. The van der Waals surface area contributed by atoms with E-state index in [1.807, 2.05) is 0 Å². The van der Waals surface area contributed by atoms with Gasteiger partial charge in [0.15, 0.2) is 18.9 Å². The summed E-state index contributed by atoms with van der Waals surface area (Å²) >= 11 is 0. The molecule has 14 heteroatoms. The summed E-state index contributed by atoms with van der Waals surface area (Å²) in [5, 5.41) is 89.5. The Labute approximate surface area is 183 Å². The minimum Gasteiger partial charge on any atom is -0.394 e. The summed E-state index contributed by atoms with van der Waals surface area (Å²) in [6, 6.07) is 0. The number of aliphatic hydroxyl groups is 9. The standard InChI is InChI=1S/C18H32O14/c1-5-9(22)10(23)13(26)17(28-5)31-14-7(21)2-6(3-19)29-18(14)32-15-8(4-20)30-16(27)12(25)11(15)24/h5-27H,2-4H2,1H3/t5?,6?,7?,8?,9-,10?,11?,12?,13?,14?,15-,16?,17+,18+/m1/s1. The molecule has 0 saturated carbocycles. The van der Waals surface area contributed by atoms with Crippen LogP contribution in [0.3, 0.4) is 0 Å². The minimum atomic E-state index is -1.78. The fourth-order valence-corrected chi connectivity index (χ4v) is 3.96. The molecule has 32 heavy (non-hydrogen) atoms. The van der Waals surface area contributed by atoms with E-state index in [1.54, 1.807) is 0 Å². The first kappa shape index (κ1) is 26.1. The maximum Gasteiger partial charge on any atom is 0.187 e. The van der Waals surface area contributed by atoms with Gasteiger partial charge < -0.3 is 69.6 Å². The van der Waals surface area contributed by atoms with E-state index in [4.69, 9.17) is 23.7 Å². The van der Waals surface area contributed by atoms with Gasteiger partial charge in [0.2, 0.25) is 0 Å². The fourth-order valence-electron chi connectivity index (χ4n) is 3.96. The molecule has 0 aliphatic carbocycles. The molecule has 14 nitrogen and oxygen atoms in total. The summed E-state index contributed by atoms with van der Waals surface area (Å²) in [5.74, 6) is 0. The molecule has 10 unspecified atom stereocenters. The van der Waals surface area contributed by atoms with Crippen molar-refractivity contribution in [2.75, 3.05) is 13.2 Å². The van der Waals surface area contributed by atoms with Gasteiger partial charge in [0, 0.05) is 6.42 Å². The highest BCUT2D eigenvalue weighted by atomic mass is 16.8. The molecular formula is C18H32O14. The largest absolute Gasteiger partial charge is 0.394 e. The van der Waals surface area contributed by atoms with Crippen LogP contribution in [0.5, 0.6) is 0 Å². The van der Waals surface area contributed by atoms with Crippen LogP contribution >= 0.6 is 0 Å². The van der Waals surface area contributed by atoms with Gasteiger partial charge in [-0.2, -0.15) is 0 Å². The highest BCUT2D eigenvalue weighted by Crippen LogP contribution is 2.32. The van der Waals surface area contributed by atoms with Crippen molar-refractivity contribution < 1.29 is 69.6 Å². The second kappa shape index (κ2) is 10.8. The van der Waals surface area contributed by atoms with Gasteiger partial charge in [-0.15, -0.1) is 0 Å².